The van der Waals surface area contributed by atoms with Crippen molar-refractivity contribution in [1.29, 1.82) is 5.26 Å². The maximum absolute atomic E-state index is 10.7. The van der Waals surface area contributed by atoms with E-state index in [9.17, 15) is 10.4 Å². The molecule has 0 amide bonds. The molecule has 2 aromatic heterocycles. The van der Waals surface area contributed by atoms with E-state index in [1.807, 2.05) is 80.6 Å². The molecule has 0 saturated carbocycles. The van der Waals surface area contributed by atoms with Crippen molar-refractivity contribution in [2.45, 2.75) is 13.8 Å². The predicted molar refractivity (Wildman–Crippen MR) is 126 cm³/mol. The molecular formula is C27H20N4O. The Kier molecular flexibility index (Phi) is 4.68. The van der Waals surface area contributed by atoms with Crippen molar-refractivity contribution in [3.8, 4) is 39.9 Å². The summed E-state index contributed by atoms with van der Waals surface area (Å²) in [4.78, 5) is 4.99. The van der Waals surface area contributed by atoms with Gasteiger partial charge in [-0.1, -0.05) is 60.7 Å². The van der Waals surface area contributed by atoms with Crippen molar-refractivity contribution in [2.24, 2.45) is 0 Å². The van der Waals surface area contributed by atoms with Crippen LogP contribution in [0.4, 0.5) is 0 Å². The first kappa shape index (κ1) is 19.5. The number of hydrogen-bond donors (Lipinski definition) is 1. The number of hydrogen-bond acceptors (Lipinski definition) is 4. The van der Waals surface area contributed by atoms with E-state index in [-0.39, 0.29) is 5.75 Å². The van der Waals surface area contributed by atoms with Crippen LogP contribution in [-0.2, 0) is 0 Å². The Hall–Kier alpha value is -4.43. The van der Waals surface area contributed by atoms with E-state index in [0.717, 1.165) is 27.9 Å². The molecule has 5 heteroatoms. The monoisotopic (exact) mass is 416 g/mol. The Morgan fingerprint density at radius 3 is 2.19 bits per heavy atom. The van der Waals surface area contributed by atoms with Crippen LogP contribution in [0.15, 0.2) is 78.9 Å². The molecule has 5 nitrogen and oxygen atoms in total. The molecule has 32 heavy (non-hydrogen) atoms. The predicted octanol–water partition coefficient (Wildman–Crippen LogP) is 5.95. The molecular weight excluding hydrogens is 396 g/mol. The number of aryl methyl sites for hydroxylation is 2. The smallest absolute Gasteiger partial charge is 0.164 e. The maximum Gasteiger partial charge on any atom is 0.164 e. The van der Waals surface area contributed by atoms with Gasteiger partial charge in [-0.3, -0.25) is 0 Å². The van der Waals surface area contributed by atoms with E-state index < -0.39 is 0 Å². The van der Waals surface area contributed by atoms with Crippen LogP contribution < -0.4 is 0 Å². The summed E-state index contributed by atoms with van der Waals surface area (Å²) in [6, 6.07) is 27.1. The summed E-state index contributed by atoms with van der Waals surface area (Å²) in [6.07, 6.45) is 0. The van der Waals surface area contributed by atoms with Crippen LogP contribution in [0.3, 0.4) is 0 Å². The number of nitrogens with zero attached hydrogens (tertiary/aromatic N) is 4. The third kappa shape index (κ3) is 3.01. The van der Waals surface area contributed by atoms with Crippen molar-refractivity contribution in [1.82, 2.24) is 14.8 Å². The summed E-state index contributed by atoms with van der Waals surface area (Å²) in [6.45, 7) is 3.91. The van der Waals surface area contributed by atoms with Crippen LogP contribution in [0, 0.1) is 25.2 Å². The van der Waals surface area contributed by atoms with Gasteiger partial charge >= 0.3 is 0 Å². The highest BCUT2D eigenvalue weighted by atomic mass is 16.3. The van der Waals surface area contributed by atoms with E-state index in [1.54, 1.807) is 16.8 Å². The van der Waals surface area contributed by atoms with Crippen LogP contribution in [0.2, 0.25) is 0 Å². The fourth-order valence-corrected chi connectivity index (χ4v) is 4.16. The van der Waals surface area contributed by atoms with Gasteiger partial charge < -0.3 is 5.11 Å². The molecule has 154 valence electrons. The molecule has 0 aliphatic carbocycles. The van der Waals surface area contributed by atoms with E-state index in [1.165, 1.54) is 0 Å². The van der Waals surface area contributed by atoms with Crippen LogP contribution in [-0.4, -0.2) is 19.9 Å². The second-order valence-corrected chi connectivity index (χ2v) is 7.69. The molecule has 2 heterocycles. The minimum Gasteiger partial charge on any atom is -0.507 e. The summed E-state index contributed by atoms with van der Waals surface area (Å²) in [7, 11) is 0. The van der Waals surface area contributed by atoms with Crippen LogP contribution in [0.1, 0.15) is 16.8 Å². The van der Waals surface area contributed by atoms with Crippen molar-refractivity contribution in [2.75, 3.05) is 0 Å². The number of fused-ring (bicyclic) bond motifs is 1. The van der Waals surface area contributed by atoms with Crippen molar-refractivity contribution < 1.29 is 5.11 Å². The van der Waals surface area contributed by atoms with Gasteiger partial charge in [0.05, 0.1) is 28.0 Å². The minimum atomic E-state index is 0.110. The van der Waals surface area contributed by atoms with E-state index in [0.29, 0.717) is 28.0 Å². The first-order valence-electron chi connectivity index (χ1n) is 10.3. The Bertz CT molecular complexity index is 1510. The Balaban J connectivity index is 1.99. The lowest BCUT2D eigenvalue weighted by Gasteiger charge is -2.15. The van der Waals surface area contributed by atoms with Crippen LogP contribution in [0.5, 0.6) is 5.75 Å². The topological polar surface area (TPSA) is 74.7 Å². The fourth-order valence-electron chi connectivity index (χ4n) is 4.16. The number of nitriles is 1. The lowest BCUT2D eigenvalue weighted by atomic mass is 9.91. The molecule has 0 fully saturated rings. The molecule has 0 unspecified atom stereocenters. The van der Waals surface area contributed by atoms with Crippen LogP contribution >= 0.6 is 0 Å². The molecule has 0 saturated heterocycles. The largest absolute Gasteiger partial charge is 0.507 e. The molecule has 0 radical (unpaired) electrons. The highest BCUT2D eigenvalue weighted by Gasteiger charge is 2.25. The van der Waals surface area contributed by atoms with Crippen molar-refractivity contribution in [3.63, 3.8) is 0 Å². The Labute approximate surface area is 185 Å². The van der Waals surface area contributed by atoms with Gasteiger partial charge in [-0.2, -0.15) is 10.4 Å². The van der Waals surface area contributed by atoms with Gasteiger partial charge in [-0.05, 0) is 37.6 Å². The number of aromatic nitrogens is 3. The molecule has 1 N–H and O–H groups in total. The highest BCUT2D eigenvalue weighted by molar-refractivity contribution is 6.02. The van der Waals surface area contributed by atoms with Gasteiger partial charge in [-0.15, -0.1) is 0 Å². The maximum atomic E-state index is 10.7. The third-order valence-electron chi connectivity index (χ3n) is 5.68. The second-order valence-electron chi connectivity index (χ2n) is 7.69. The number of rotatable bonds is 3. The van der Waals surface area contributed by atoms with Gasteiger partial charge in [0.25, 0.3) is 0 Å². The van der Waals surface area contributed by atoms with Gasteiger partial charge in [0, 0.05) is 16.7 Å². The van der Waals surface area contributed by atoms with Gasteiger partial charge in [0.1, 0.15) is 11.8 Å². The minimum absolute atomic E-state index is 0.110. The molecule has 0 atom stereocenters. The Morgan fingerprint density at radius 1 is 0.844 bits per heavy atom. The fraction of sp³-hybridized carbons (Fsp3) is 0.0741. The number of pyridine rings is 1. The average molecular weight is 416 g/mol. The number of benzene rings is 3. The van der Waals surface area contributed by atoms with Crippen molar-refractivity contribution >= 4 is 11.0 Å². The molecule has 3 aromatic carbocycles. The zero-order chi connectivity index (χ0) is 22.2. The molecule has 0 spiro atoms. The first-order valence-corrected chi connectivity index (χ1v) is 10.3. The third-order valence-corrected chi connectivity index (χ3v) is 5.68. The van der Waals surface area contributed by atoms with E-state index in [4.69, 9.17) is 10.1 Å². The summed E-state index contributed by atoms with van der Waals surface area (Å²) in [5.74, 6) is 0.110. The number of para-hydroxylation sites is 2. The second kappa shape index (κ2) is 7.68. The van der Waals surface area contributed by atoms with E-state index >= 15 is 0 Å². The van der Waals surface area contributed by atoms with Crippen molar-refractivity contribution in [3.05, 3.63) is 95.7 Å². The normalized spacial score (nSPS) is 10.9. The SMILES string of the molecule is Cc1ccccc1-c1nc2c(c(C)nn2-c2ccccc2)c(-c2ccccc2O)c1C#N. The number of aromatic hydroxyl groups is 1. The summed E-state index contributed by atoms with van der Waals surface area (Å²) in [5, 5.41) is 26.5. The highest BCUT2D eigenvalue weighted by Crippen LogP contribution is 2.42. The number of phenols is 1. The van der Waals surface area contributed by atoms with Gasteiger partial charge in [0.2, 0.25) is 0 Å². The molecule has 5 rings (SSSR count). The Morgan fingerprint density at radius 2 is 1.50 bits per heavy atom. The average Bonchev–Trinajstić information content (AvgIpc) is 3.15. The molecule has 0 aliphatic heterocycles. The standard InChI is InChI=1S/C27H20N4O/c1-17-10-6-7-13-20(17)26-22(16-28)25(21-14-8-9-15-23(21)32)24-18(2)30-31(27(24)29-26)19-11-4-3-5-12-19/h3-15,32H,1-2H3. The molecule has 0 aliphatic rings. The summed E-state index contributed by atoms with van der Waals surface area (Å²) < 4.78 is 1.80. The molecule has 0 bridgehead atoms. The quantitative estimate of drug-likeness (QED) is 0.394. The summed E-state index contributed by atoms with van der Waals surface area (Å²) >= 11 is 0. The zero-order valence-electron chi connectivity index (χ0n) is 17.7. The zero-order valence-corrected chi connectivity index (χ0v) is 17.7. The lowest BCUT2D eigenvalue weighted by molar-refractivity contribution is 0.477. The van der Waals surface area contributed by atoms with E-state index in [2.05, 4.69) is 6.07 Å². The number of phenolic OH excluding ortho intramolecular Hbond substituents is 1. The molecule has 5 aromatic rings. The first-order chi connectivity index (χ1) is 15.6. The summed E-state index contributed by atoms with van der Waals surface area (Å²) in [5.41, 5.74) is 6.38. The lowest BCUT2D eigenvalue weighted by Crippen LogP contribution is -2.01. The van der Waals surface area contributed by atoms with Crippen LogP contribution in [0.25, 0.3) is 39.1 Å². The van der Waals surface area contributed by atoms with Gasteiger partial charge in [0.15, 0.2) is 5.65 Å². The van der Waals surface area contributed by atoms with Gasteiger partial charge in [-0.25, -0.2) is 9.67 Å².